The Hall–Kier alpha value is -2.21. The molecule has 5 nitrogen and oxygen atoms in total. The number of aliphatic carboxylic acids is 1. The molecule has 0 spiro atoms. The quantitative estimate of drug-likeness (QED) is 0.889. The minimum atomic E-state index is -1.03. The van der Waals surface area contributed by atoms with Gasteiger partial charge in [-0.05, 0) is 18.9 Å². The molecule has 2 aromatic rings. The van der Waals surface area contributed by atoms with E-state index in [0.29, 0.717) is 10.6 Å². The standard InChI is InChI=1S/C16H18N2O3S/c1-3-13-17-11(2)15(22-13)16(21)18(10-14(19)20)9-12-7-5-4-6-8-12/h4-8H,3,9-10H2,1-2H3,(H,19,20). The third kappa shape index (κ3) is 3.92. The summed E-state index contributed by atoms with van der Waals surface area (Å²) in [6.45, 7) is 3.70. The Morgan fingerprint density at radius 1 is 1.27 bits per heavy atom. The van der Waals surface area contributed by atoms with Crippen molar-refractivity contribution in [3.8, 4) is 0 Å². The van der Waals surface area contributed by atoms with Gasteiger partial charge in [-0.25, -0.2) is 4.98 Å². The van der Waals surface area contributed by atoms with Crippen LogP contribution in [0.1, 0.15) is 32.9 Å². The second-order valence-electron chi connectivity index (χ2n) is 4.92. The van der Waals surface area contributed by atoms with Gasteiger partial charge in [0.2, 0.25) is 0 Å². The summed E-state index contributed by atoms with van der Waals surface area (Å²) in [4.78, 5) is 30.0. The Kier molecular flexibility index (Phi) is 5.27. The van der Waals surface area contributed by atoms with Crippen LogP contribution >= 0.6 is 11.3 Å². The minimum absolute atomic E-state index is 0.269. The van der Waals surface area contributed by atoms with E-state index in [2.05, 4.69) is 4.98 Å². The molecule has 116 valence electrons. The van der Waals surface area contributed by atoms with Gasteiger partial charge in [0.1, 0.15) is 11.4 Å². The maximum Gasteiger partial charge on any atom is 0.323 e. The first-order valence-corrected chi connectivity index (χ1v) is 7.84. The first-order chi connectivity index (χ1) is 10.5. The number of carbonyl (C=O) groups is 2. The Bertz CT molecular complexity index is 667. The van der Waals surface area contributed by atoms with Crippen molar-refractivity contribution in [3.05, 3.63) is 51.5 Å². The van der Waals surface area contributed by atoms with Crippen LogP contribution in [0.2, 0.25) is 0 Å². The Labute approximate surface area is 133 Å². The zero-order valence-electron chi connectivity index (χ0n) is 12.6. The number of carboxylic acids is 1. The molecule has 2 rings (SSSR count). The molecule has 0 atom stereocenters. The van der Waals surface area contributed by atoms with Gasteiger partial charge in [-0.1, -0.05) is 37.3 Å². The number of nitrogens with zero attached hydrogens (tertiary/aromatic N) is 2. The Morgan fingerprint density at radius 2 is 1.95 bits per heavy atom. The number of hydrogen-bond donors (Lipinski definition) is 1. The van der Waals surface area contributed by atoms with Gasteiger partial charge < -0.3 is 10.0 Å². The lowest BCUT2D eigenvalue weighted by Crippen LogP contribution is -2.35. The summed E-state index contributed by atoms with van der Waals surface area (Å²) in [5, 5.41) is 9.96. The number of aryl methyl sites for hydroxylation is 2. The van der Waals surface area contributed by atoms with E-state index in [9.17, 15) is 9.59 Å². The van der Waals surface area contributed by atoms with E-state index in [1.807, 2.05) is 37.3 Å². The van der Waals surface area contributed by atoms with Crippen LogP contribution in [0.5, 0.6) is 0 Å². The fourth-order valence-electron chi connectivity index (χ4n) is 2.11. The van der Waals surface area contributed by atoms with Crippen molar-refractivity contribution in [3.63, 3.8) is 0 Å². The summed E-state index contributed by atoms with van der Waals surface area (Å²) in [6.07, 6.45) is 0.760. The molecule has 1 heterocycles. The molecular weight excluding hydrogens is 300 g/mol. The van der Waals surface area contributed by atoms with Crippen LogP contribution < -0.4 is 0 Å². The Balaban J connectivity index is 2.25. The van der Waals surface area contributed by atoms with Crippen molar-refractivity contribution in [2.45, 2.75) is 26.8 Å². The summed E-state index contributed by atoms with van der Waals surface area (Å²) >= 11 is 1.34. The number of carbonyl (C=O) groups excluding carboxylic acids is 1. The first-order valence-electron chi connectivity index (χ1n) is 7.02. The molecule has 1 N–H and O–H groups in total. The lowest BCUT2D eigenvalue weighted by atomic mass is 10.2. The van der Waals surface area contributed by atoms with Gasteiger partial charge in [-0.15, -0.1) is 11.3 Å². The monoisotopic (exact) mass is 318 g/mol. The smallest absolute Gasteiger partial charge is 0.323 e. The van der Waals surface area contributed by atoms with Gasteiger partial charge >= 0.3 is 5.97 Å². The number of carboxylic acid groups (broad SMARTS) is 1. The van der Waals surface area contributed by atoms with E-state index in [0.717, 1.165) is 17.0 Å². The zero-order chi connectivity index (χ0) is 16.1. The average Bonchev–Trinajstić information content (AvgIpc) is 2.87. The van der Waals surface area contributed by atoms with Crippen molar-refractivity contribution < 1.29 is 14.7 Å². The maximum atomic E-state index is 12.7. The maximum absolute atomic E-state index is 12.7. The lowest BCUT2D eigenvalue weighted by molar-refractivity contribution is -0.137. The third-order valence-electron chi connectivity index (χ3n) is 3.17. The molecule has 0 saturated carbocycles. The van der Waals surface area contributed by atoms with Crippen molar-refractivity contribution in [2.75, 3.05) is 6.54 Å². The lowest BCUT2D eigenvalue weighted by Gasteiger charge is -2.20. The van der Waals surface area contributed by atoms with Crippen molar-refractivity contribution in [2.24, 2.45) is 0 Å². The summed E-state index contributed by atoms with van der Waals surface area (Å²) in [7, 11) is 0. The number of aromatic nitrogens is 1. The molecule has 0 fully saturated rings. The van der Waals surface area contributed by atoms with Crippen LogP contribution in [0.25, 0.3) is 0 Å². The highest BCUT2D eigenvalue weighted by Gasteiger charge is 2.23. The summed E-state index contributed by atoms with van der Waals surface area (Å²) in [5.41, 5.74) is 1.56. The summed E-state index contributed by atoms with van der Waals surface area (Å²) < 4.78 is 0. The van der Waals surface area contributed by atoms with E-state index >= 15 is 0 Å². The SMILES string of the molecule is CCc1nc(C)c(C(=O)N(CC(=O)O)Cc2ccccc2)s1. The van der Waals surface area contributed by atoms with Crippen LogP contribution in [0.4, 0.5) is 0 Å². The van der Waals surface area contributed by atoms with Crippen LogP contribution in [-0.4, -0.2) is 33.4 Å². The van der Waals surface area contributed by atoms with Gasteiger partial charge in [-0.2, -0.15) is 0 Å². The highest BCUT2D eigenvalue weighted by molar-refractivity contribution is 7.13. The largest absolute Gasteiger partial charge is 0.480 e. The van der Waals surface area contributed by atoms with E-state index < -0.39 is 5.97 Å². The van der Waals surface area contributed by atoms with Gasteiger partial charge in [0.15, 0.2) is 0 Å². The third-order valence-corrected chi connectivity index (χ3v) is 4.46. The molecule has 1 amide bonds. The predicted octanol–water partition coefficient (Wildman–Crippen LogP) is 2.74. The fraction of sp³-hybridized carbons (Fsp3) is 0.312. The van der Waals surface area contributed by atoms with E-state index in [-0.39, 0.29) is 19.0 Å². The van der Waals surface area contributed by atoms with E-state index in [1.54, 1.807) is 6.92 Å². The topological polar surface area (TPSA) is 70.5 Å². The van der Waals surface area contributed by atoms with E-state index in [1.165, 1.54) is 16.2 Å². The van der Waals surface area contributed by atoms with Crippen molar-refractivity contribution in [1.29, 1.82) is 0 Å². The van der Waals surface area contributed by atoms with Crippen LogP contribution in [0.3, 0.4) is 0 Å². The molecular formula is C16H18N2O3S. The van der Waals surface area contributed by atoms with Gasteiger partial charge in [0.25, 0.3) is 5.91 Å². The highest BCUT2D eigenvalue weighted by Crippen LogP contribution is 2.21. The first kappa shape index (κ1) is 16.2. The van der Waals surface area contributed by atoms with E-state index in [4.69, 9.17) is 5.11 Å². The molecule has 6 heteroatoms. The molecule has 0 aliphatic rings. The van der Waals surface area contributed by atoms with Crippen molar-refractivity contribution in [1.82, 2.24) is 9.88 Å². The number of thiazole rings is 1. The number of benzene rings is 1. The number of hydrogen-bond acceptors (Lipinski definition) is 4. The second-order valence-corrected chi connectivity index (χ2v) is 6.00. The molecule has 0 aliphatic carbocycles. The number of amides is 1. The number of rotatable bonds is 6. The molecule has 1 aromatic heterocycles. The fourth-order valence-corrected chi connectivity index (χ4v) is 3.08. The van der Waals surface area contributed by atoms with Gasteiger partial charge in [-0.3, -0.25) is 9.59 Å². The molecule has 1 aromatic carbocycles. The van der Waals surface area contributed by atoms with Crippen LogP contribution in [-0.2, 0) is 17.8 Å². The molecule has 0 bridgehead atoms. The second kappa shape index (κ2) is 7.17. The molecule has 0 unspecified atom stereocenters. The molecule has 0 aliphatic heterocycles. The predicted molar refractivity (Wildman–Crippen MR) is 85.0 cm³/mol. The van der Waals surface area contributed by atoms with Gasteiger partial charge in [0.05, 0.1) is 10.7 Å². The average molecular weight is 318 g/mol. The zero-order valence-corrected chi connectivity index (χ0v) is 13.4. The summed E-state index contributed by atoms with van der Waals surface area (Å²) in [6, 6.07) is 9.36. The summed E-state index contributed by atoms with van der Waals surface area (Å²) in [5.74, 6) is -1.30. The van der Waals surface area contributed by atoms with Crippen LogP contribution in [0.15, 0.2) is 30.3 Å². The van der Waals surface area contributed by atoms with Gasteiger partial charge in [0, 0.05) is 6.54 Å². The molecule has 0 radical (unpaired) electrons. The molecule has 0 saturated heterocycles. The van der Waals surface area contributed by atoms with Crippen molar-refractivity contribution >= 4 is 23.2 Å². The minimum Gasteiger partial charge on any atom is -0.480 e. The highest BCUT2D eigenvalue weighted by atomic mass is 32.1. The Morgan fingerprint density at radius 3 is 2.50 bits per heavy atom. The normalized spacial score (nSPS) is 10.5. The van der Waals surface area contributed by atoms with Crippen LogP contribution in [0, 0.1) is 6.92 Å². The molecule has 22 heavy (non-hydrogen) atoms.